The van der Waals surface area contributed by atoms with Crippen LogP contribution in [0.1, 0.15) is 24.3 Å². The van der Waals surface area contributed by atoms with E-state index in [9.17, 15) is 14.4 Å². The quantitative estimate of drug-likeness (QED) is 0.773. The number of carbonyl (C=O) groups is 3. The first-order chi connectivity index (χ1) is 8.90. The fraction of sp³-hybridized carbons (Fsp3) is 0.417. The van der Waals surface area contributed by atoms with Crippen molar-refractivity contribution in [1.29, 1.82) is 0 Å². The second kappa shape index (κ2) is 6.58. The summed E-state index contributed by atoms with van der Waals surface area (Å²) in [5.74, 6) is -1.30. The third-order valence-electron chi connectivity index (χ3n) is 2.16. The summed E-state index contributed by atoms with van der Waals surface area (Å²) in [7, 11) is 1.69. The van der Waals surface area contributed by atoms with Crippen molar-refractivity contribution in [2.24, 2.45) is 7.05 Å². The maximum Gasteiger partial charge on any atom is 0.355 e. The lowest BCUT2D eigenvalue weighted by Crippen LogP contribution is -2.44. The molecule has 0 saturated carbocycles. The number of aromatic nitrogens is 1. The number of aryl methyl sites for hydroxylation is 1. The molecule has 0 bridgehead atoms. The summed E-state index contributed by atoms with van der Waals surface area (Å²) in [6.45, 7) is 3.02. The van der Waals surface area contributed by atoms with Crippen molar-refractivity contribution < 1.29 is 19.1 Å². The van der Waals surface area contributed by atoms with Crippen molar-refractivity contribution >= 4 is 17.9 Å². The first kappa shape index (κ1) is 14.7. The van der Waals surface area contributed by atoms with Gasteiger partial charge in [-0.2, -0.15) is 0 Å². The average molecular weight is 267 g/mol. The Balaban J connectivity index is 2.37. The summed E-state index contributed by atoms with van der Waals surface area (Å²) in [5.41, 5.74) is 0.333. The number of amides is 3. The maximum absolute atomic E-state index is 11.6. The lowest BCUT2D eigenvalue weighted by molar-refractivity contribution is -0.123. The molecule has 0 aliphatic rings. The van der Waals surface area contributed by atoms with Crippen molar-refractivity contribution in [2.45, 2.75) is 19.9 Å². The van der Waals surface area contributed by atoms with E-state index in [1.165, 1.54) is 0 Å². The minimum absolute atomic E-state index is 0.0845. The highest BCUT2D eigenvalue weighted by atomic mass is 16.5. The number of carbonyl (C=O) groups excluding carboxylic acids is 3. The van der Waals surface area contributed by atoms with Crippen molar-refractivity contribution in [1.82, 2.24) is 15.2 Å². The van der Waals surface area contributed by atoms with Crippen molar-refractivity contribution in [3.63, 3.8) is 0 Å². The molecule has 19 heavy (non-hydrogen) atoms. The fourth-order valence-electron chi connectivity index (χ4n) is 1.34. The molecule has 1 aromatic rings. The van der Waals surface area contributed by atoms with Crippen LogP contribution in [0.5, 0.6) is 0 Å². The average Bonchev–Trinajstić information content (AvgIpc) is 2.71. The van der Waals surface area contributed by atoms with E-state index in [0.29, 0.717) is 5.69 Å². The maximum atomic E-state index is 11.6. The highest BCUT2D eigenvalue weighted by molar-refractivity contribution is 5.96. The van der Waals surface area contributed by atoms with E-state index in [2.05, 4.69) is 10.6 Å². The van der Waals surface area contributed by atoms with Crippen molar-refractivity contribution in [3.8, 4) is 0 Å². The summed E-state index contributed by atoms with van der Waals surface area (Å²) < 4.78 is 6.36. The molecule has 0 unspecified atom stereocenters. The molecule has 2 N–H and O–H groups in total. The Morgan fingerprint density at radius 1 is 1.37 bits per heavy atom. The van der Waals surface area contributed by atoms with Gasteiger partial charge in [0.2, 0.25) is 0 Å². The molecule has 7 heteroatoms. The predicted octanol–water partition coefficient (Wildman–Crippen LogP) is 0.416. The van der Waals surface area contributed by atoms with Gasteiger partial charge in [0.25, 0.3) is 5.91 Å². The number of nitrogens with zero attached hydrogens (tertiary/aromatic N) is 1. The Labute approximate surface area is 110 Å². The third kappa shape index (κ3) is 4.82. The predicted molar refractivity (Wildman–Crippen MR) is 67.5 cm³/mol. The van der Waals surface area contributed by atoms with Gasteiger partial charge < -0.3 is 14.6 Å². The number of nitrogens with one attached hydrogen (secondary N) is 2. The molecule has 0 aliphatic carbocycles. The Kier molecular flexibility index (Phi) is 5.11. The molecule has 1 heterocycles. The van der Waals surface area contributed by atoms with E-state index >= 15 is 0 Å². The highest BCUT2D eigenvalue weighted by Crippen LogP contribution is 2.01. The summed E-state index contributed by atoms with van der Waals surface area (Å²) in [6.07, 6.45) is 1.69. The van der Waals surface area contributed by atoms with Crippen LogP contribution in [0, 0.1) is 0 Å². The van der Waals surface area contributed by atoms with Crippen LogP contribution in [0.25, 0.3) is 0 Å². The molecule has 0 radical (unpaired) electrons. The topological polar surface area (TPSA) is 89.4 Å². The second-order valence-electron chi connectivity index (χ2n) is 4.26. The highest BCUT2D eigenvalue weighted by Gasteiger charge is 2.14. The van der Waals surface area contributed by atoms with Gasteiger partial charge in [0.15, 0.2) is 6.61 Å². The van der Waals surface area contributed by atoms with Gasteiger partial charge in [0.05, 0.1) is 0 Å². The normalized spacial score (nSPS) is 10.1. The summed E-state index contributed by atoms with van der Waals surface area (Å²) >= 11 is 0. The molecule has 1 aromatic heterocycles. The fourth-order valence-corrected chi connectivity index (χ4v) is 1.34. The van der Waals surface area contributed by atoms with Crippen LogP contribution in [0.4, 0.5) is 4.79 Å². The number of hydrogen-bond donors (Lipinski definition) is 2. The number of rotatable bonds is 4. The molecule has 0 aliphatic heterocycles. The number of ether oxygens (including phenoxy) is 1. The lowest BCUT2D eigenvalue weighted by atomic mass is 10.4. The monoisotopic (exact) mass is 267 g/mol. The van der Waals surface area contributed by atoms with E-state index in [0.717, 1.165) is 0 Å². The van der Waals surface area contributed by atoms with Gasteiger partial charge in [0.1, 0.15) is 5.69 Å². The Morgan fingerprint density at radius 2 is 2.05 bits per heavy atom. The van der Waals surface area contributed by atoms with Crippen LogP contribution >= 0.6 is 0 Å². The summed E-state index contributed by atoms with van der Waals surface area (Å²) in [4.78, 5) is 34.1. The smallest absolute Gasteiger partial charge is 0.355 e. The van der Waals surface area contributed by atoms with E-state index in [1.807, 2.05) is 0 Å². The van der Waals surface area contributed by atoms with Gasteiger partial charge in [-0.05, 0) is 26.0 Å². The Bertz CT molecular complexity index is 479. The van der Waals surface area contributed by atoms with E-state index in [-0.39, 0.29) is 6.04 Å². The second-order valence-corrected chi connectivity index (χ2v) is 4.26. The summed E-state index contributed by atoms with van der Waals surface area (Å²) in [5, 5.41) is 4.54. The Hall–Kier alpha value is -2.31. The summed E-state index contributed by atoms with van der Waals surface area (Å²) in [6, 6.07) is 2.56. The zero-order valence-corrected chi connectivity index (χ0v) is 11.1. The van der Waals surface area contributed by atoms with Gasteiger partial charge >= 0.3 is 12.0 Å². The molecule has 0 spiro atoms. The zero-order chi connectivity index (χ0) is 14.4. The molecule has 0 aromatic carbocycles. The molecule has 1 rings (SSSR count). The van der Waals surface area contributed by atoms with Crippen LogP contribution in [0.15, 0.2) is 18.3 Å². The van der Waals surface area contributed by atoms with Crippen molar-refractivity contribution in [3.05, 3.63) is 24.0 Å². The van der Waals surface area contributed by atoms with E-state index in [1.54, 1.807) is 43.8 Å². The zero-order valence-electron chi connectivity index (χ0n) is 11.1. The number of hydrogen-bond acceptors (Lipinski definition) is 4. The molecular weight excluding hydrogens is 250 g/mol. The van der Waals surface area contributed by atoms with Gasteiger partial charge in [-0.3, -0.25) is 10.1 Å². The number of esters is 1. The minimum atomic E-state index is -0.680. The molecule has 0 fully saturated rings. The molecule has 3 amide bonds. The first-order valence-electron chi connectivity index (χ1n) is 5.79. The van der Waals surface area contributed by atoms with Crippen molar-refractivity contribution in [2.75, 3.05) is 6.61 Å². The van der Waals surface area contributed by atoms with Gasteiger partial charge in [-0.25, -0.2) is 9.59 Å². The standard InChI is InChI=1S/C12H17N3O4/c1-8(2)13-12(18)14-10(16)7-19-11(17)9-5-4-6-15(9)3/h4-6,8H,7H2,1-3H3,(H2,13,14,16,18). The van der Waals surface area contributed by atoms with Crippen LogP contribution in [-0.2, 0) is 16.6 Å². The van der Waals surface area contributed by atoms with Crippen LogP contribution in [0.3, 0.4) is 0 Å². The lowest BCUT2D eigenvalue weighted by Gasteiger charge is -2.09. The molecule has 7 nitrogen and oxygen atoms in total. The molecule has 0 saturated heterocycles. The Morgan fingerprint density at radius 3 is 2.58 bits per heavy atom. The molecular formula is C12H17N3O4. The van der Waals surface area contributed by atoms with E-state index < -0.39 is 24.5 Å². The van der Waals surface area contributed by atoms with Gasteiger partial charge in [-0.15, -0.1) is 0 Å². The minimum Gasteiger partial charge on any atom is -0.451 e. The van der Waals surface area contributed by atoms with E-state index in [4.69, 9.17) is 4.74 Å². The SMILES string of the molecule is CC(C)NC(=O)NC(=O)COC(=O)c1cccn1C. The van der Waals surface area contributed by atoms with Crippen LogP contribution in [0.2, 0.25) is 0 Å². The first-order valence-corrected chi connectivity index (χ1v) is 5.79. The van der Waals surface area contributed by atoms with Crippen LogP contribution in [-0.4, -0.2) is 35.1 Å². The number of imide groups is 1. The number of urea groups is 1. The molecule has 0 atom stereocenters. The molecule has 104 valence electrons. The van der Waals surface area contributed by atoms with Gasteiger partial charge in [0, 0.05) is 19.3 Å². The van der Waals surface area contributed by atoms with Gasteiger partial charge in [-0.1, -0.05) is 0 Å². The van der Waals surface area contributed by atoms with Crippen LogP contribution < -0.4 is 10.6 Å². The largest absolute Gasteiger partial charge is 0.451 e. The third-order valence-corrected chi connectivity index (χ3v) is 2.16.